The Morgan fingerprint density at radius 1 is 1.17 bits per heavy atom. The molecule has 1 aliphatic rings. The molecular formula is C14H16F3N3O3. The largest absolute Gasteiger partial charge is 0.465 e. The summed E-state index contributed by atoms with van der Waals surface area (Å²) >= 11 is 0. The number of pyridine rings is 1. The molecule has 0 radical (unpaired) electrons. The van der Waals surface area contributed by atoms with Gasteiger partial charge in [0, 0.05) is 31.4 Å². The number of alkyl halides is 3. The number of hydrogen-bond donors (Lipinski definition) is 1. The van der Waals surface area contributed by atoms with Crippen LogP contribution in [-0.4, -0.2) is 57.1 Å². The van der Waals surface area contributed by atoms with E-state index in [1.54, 1.807) is 13.8 Å². The number of nitrogens with zero attached hydrogens (tertiary/aromatic N) is 3. The highest BCUT2D eigenvalue weighted by Crippen LogP contribution is 2.28. The molecule has 1 N–H and O–H groups in total. The summed E-state index contributed by atoms with van der Waals surface area (Å²) in [5.74, 6) is -0.511. The first-order valence-electron chi connectivity index (χ1n) is 6.95. The lowest BCUT2D eigenvalue weighted by Crippen LogP contribution is -2.59. The Balaban J connectivity index is 2.16. The third kappa shape index (κ3) is 3.54. The molecule has 126 valence electrons. The van der Waals surface area contributed by atoms with Crippen molar-refractivity contribution in [2.24, 2.45) is 0 Å². The molecular weight excluding hydrogens is 315 g/mol. The van der Waals surface area contributed by atoms with E-state index >= 15 is 0 Å². The summed E-state index contributed by atoms with van der Waals surface area (Å²) in [6, 6.07) is 1.05. The summed E-state index contributed by atoms with van der Waals surface area (Å²) in [5.41, 5.74) is -1.02. The van der Waals surface area contributed by atoms with Crippen LogP contribution in [0.2, 0.25) is 0 Å². The molecule has 6 nitrogen and oxygen atoms in total. The molecule has 0 aromatic carbocycles. The van der Waals surface area contributed by atoms with E-state index in [9.17, 15) is 22.8 Å². The first kappa shape index (κ1) is 17.0. The highest BCUT2D eigenvalue weighted by atomic mass is 19.4. The Bertz CT molecular complexity index is 604. The molecule has 2 amide bonds. The third-order valence-electron chi connectivity index (χ3n) is 3.80. The van der Waals surface area contributed by atoms with Gasteiger partial charge in [-0.2, -0.15) is 13.2 Å². The van der Waals surface area contributed by atoms with Crippen LogP contribution in [0.3, 0.4) is 0 Å². The second-order valence-corrected chi connectivity index (χ2v) is 5.52. The predicted molar refractivity (Wildman–Crippen MR) is 73.9 cm³/mol. The van der Waals surface area contributed by atoms with Crippen molar-refractivity contribution in [3.63, 3.8) is 0 Å². The van der Waals surface area contributed by atoms with E-state index in [-0.39, 0.29) is 24.8 Å². The standard InChI is InChI=1S/C14H16F3N3O3/c1-8-7-20(13(22)23)9(2)6-19(8)12(21)11-4-3-10(5-18-11)14(15,16)17/h3-5,8-9H,6-7H2,1-2H3,(H,22,23)/t8-,9+/m1/s1. The minimum absolute atomic E-state index is 0.0965. The highest BCUT2D eigenvalue weighted by molar-refractivity contribution is 5.92. The number of halogens is 3. The van der Waals surface area contributed by atoms with Crippen molar-refractivity contribution < 1.29 is 27.9 Å². The van der Waals surface area contributed by atoms with Crippen LogP contribution < -0.4 is 0 Å². The molecule has 0 unspecified atom stereocenters. The summed E-state index contributed by atoms with van der Waals surface area (Å²) in [5, 5.41) is 9.08. The number of aromatic nitrogens is 1. The van der Waals surface area contributed by atoms with E-state index in [2.05, 4.69) is 4.98 Å². The zero-order chi connectivity index (χ0) is 17.4. The normalized spacial score (nSPS) is 22.1. The first-order chi connectivity index (χ1) is 10.6. The molecule has 1 saturated heterocycles. The van der Waals surface area contributed by atoms with Gasteiger partial charge in [-0.05, 0) is 26.0 Å². The predicted octanol–water partition coefficient (Wildman–Crippen LogP) is 2.31. The Hall–Kier alpha value is -2.32. The van der Waals surface area contributed by atoms with Gasteiger partial charge in [0.25, 0.3) is 5.91 Å². The Kier molecular flexibility index (Phi) is 4.49. The van der Waals surface area contributed by atoms with E-state index in [0.717, 1.165) is 12.1 Å². The monoisotopic (exact) mass is 331 g/mol. The van der Waals surface area contributed by atoms with Crippen molar-refractivity contribution in [1.82, 2.24) is 14.8 Å². The highest BCUT2D eigenvalue weighted by Gasteiger charge is 2.36. The van der Waals surface area contributed by atoms with Crippen LogP contribution in [0.25, 0.3) is 0 Å². The van der Waals surface area contributed by atoms with Gasteiger partial charge < -0.3 is 14.9 Å². The van der Waals surface area contributed by atoms with Crippen LogP contribution in [0, 0.1) is 0 Å². The second kappa shape index (κ2) is 6.05. The first-order valence-corrected chi connectivity index (χ1v) is 6.95. The Labute approximate surface area is 130 Å². The summed E-state index contributed by atoms with van der Waals surface area (Å²) < 4.78 is 37.5. The maximum Gasteiger partial charge on any atom is 0.417 e. The van der Waals surface area contributed by atoms with Crippen LogP contribution in [0.5, 0.6) is 0 Å². The number of rotatable bonds is 1. The summed E-state index contributed by atoms with van der Waals surface area (Å²) in [4.78, 5) is 29.8. The van der Waals surface area contributed by atoms with E-state index in [0.29, 0.717) is 6.20 Å². The van der Waals surface area contributed by atoms with Gasteiger partial charge in [-0.1, -0.05) is 0 Å². The quantitative estimate of drug-likeness (QED) is 0.857. The summed E-state index contributed by atoms with van der Waals surface area (Å²) in [7, 11) is 0. The number of carboxylic acid groups (broad SMARTS) is 1. The fourth-order valence-corrected chi connectivity index (χ4v) is 2.51. The van der Waals surface area contributed by atoms with Gasteiger partial charge in [0.15, 0.2) is 0 Å². The number of carbonyl (C=O) groups excluding carboxylic acids is 1. The number of amides is 2. The number of piperazine rings is 1. The zero-order valence-corrected chi connectivity index (χ0v) is 12.5. The second-order valence-electron chi connectivity index (χ2n) is 5.52. The molecule has 0 aliphatic carbocycles. The van der Waals surface area contributed by atoms with Gasteiger partial charge in [0.1, 0.15) is 5.69 Å². The van der Waals surface area contributed by atoms with Gasteiger partial charge in [0.2, 0.25) is 0 Å². The van der Waals surface area contributed by atoms with Crippen molar-refractivity contribution in [2.45, 2.75) is 32.1 Å². The molecule has 2 heterocycles. The molecule has 0 bridgehead atoms. The lowest BCUT2D eigenvalue weighted by atomic mass is 10.1. The van der Waals surface area contributed by atoms with Crippen LogP contribution in [0.15, 0.2) is 18.3 Å². The fraction of sp³-hybridized carbons (Fsp3) is 0.500. The molecule has 23 heavy (non-hydrogen) atoms. The molecule has 9 heteroatoms. The van der Waals surface area contributed by atoms with Gasteiger partial charge in [-0.3, -0.25) is 9.78 Å². The zero-order valence-electron chi connectivity index (χ0n) is 12.5. The van der Waals surface area contributed by atoms with E-state index in [1.807, 2.05) is 0 Å². The maximum atomic E-state index is 12.5. The lowest BCUT2D eigenvalue weighted by molar-refractivity contribution is -0.137. The van der Waals surface area contributed by atoms with Crippen molar-refractivity contribution in [1.29, 1.82) is 0 Å². The van der Waals surface area contributed by atoms with E-state index < -0.39 is 29.8 Å². The van der Waals surface area contributed by atoms with Crippen molar-refractivity contribution >= 4 is 12.0 Å². The molecule has 0 saturated carbocycles. The molecule has 2 rings (SSSR count). The van der Waals surface area contributed by atoms with Crippen molar-refractivity contribution in [3.05, 3.63) is 29.6 Å². The molecule has 1 fully saturated rings. The summed E-state index contributed by atoms with van der Waals surface area (Å²) in [6.45, 7) is 3.65. The average molecular weight is 331 g/mol. The van der Waals surface area contributed by atoms with Gasteiger partial charge >= 0.3 is 12.3 Å². The Morgan fingerprint density at radius 3 is 2.22 bits per heavy atom. The van der Waals surface area contributed by atoms with Crippen LogP contribution in [0.4, 0.5) is 18.0 Å². The van der Waals surface area contributed by atoms with Gasteiger partial charge in [-0.15, -0.1) is 0 Å². The molecule has 1 aromatic rings. The summed E-state index contributed by atoms with van der Waals surface area (Å²) in [6.07, 6.45) is -4.96. The Morgan fingerprint density at radius 2 is 1.74 bits per heavy atom. The van der Waals surface area contributed by atoms with Crippen LogP contribution in [0.1, 0.15) is 29.9 Å². The topological polar surface area (TPSA) is 73.7 Å². The van der Waals surface area contributed by atoms with Crippen LogP contribution in [-0.2, 0) is 6.18 Å². The molecule has 1 aliphatic heterocycles. The van der Waals surface area contributed by atoms with E-state index in [1.165, 1.54) is 9.80 Å². The van der Waals surface area contributed by atoms with Crippen molar-refractivity contribution in [3.8, 4) is 0 Å². The lowest BCUT2D eigenvalue weighted by Gasteiger charge is -2.42. The molecule has 0 spiro atoms. The smallest absolute Gasteiger partial charge is 0.417 e. The SMILES string of the molecule is C[C@@H]1CN(C(=O)O)[C@@H](C)CN1C(=O)c1ccc(C(F)(F)F)cn1. The van der Waals surface area contributed by atoms with E-state index in [4.69, 9.17) is 5.11 Å². The van der Waals surface area contributed by atoms with Crippen molar-refractivity contribution in [2.75, 3.05) is 13.1 Å². The number of hydrogen-bond acceptors (Lipinski definition) is 3. The minimum Gasteiger partial charge on any atom is -0.465 e. The number of carbonyl (C=O) groups is 2. The van der Waals surface area contributed by atoms with Crippen LogP contribution >= 0.6 is 0 Å². The fourth-order valence-electron chi connectivity index (χ4n) is 2.51. The molecule has 2 atom stereocenters. The minimum atomic E-state index is -4.51. The average Bonchev–Trinajstić information content (AvgIpc) is 2.47. The maximum absolute atomic E-state index is 12.5. The van der Waals surface area contributed by atoms with Gasteiger partial charge in [0.05, 0.1) is 5.56 Å². The molecule has 1 aromatic heterocycles. The van der Waals surface area contributed by atoms with Gasteiger partial charge in [-0.25, -0.2) is 4.79 Å². The third-order valence-corrected chi connectivity index (χ3v) is 3.80.